The van der Waals surface area contributed by atoms with Crippen molar-refractivity contribution in [1.29, 1.82) is 0 Å². The second-order valence-corrected chi connectivity index (χ2v) is 5.20. The first-order chi connectivity index (χ1) is 9.97. The average molecular weight is 295 g/mol. The molecule has 0 saturated carbocycles. The summed E-state index contributed by atoms with van der Waals surface area (Å²) in [7, 11) is 5.01. The van der Waals surface area contributed by atoms with Crippen molar-refractivity contribution < 1.29 is 5.11 Å². The van der Waals surface area contributed by atoms with Crippen LogP contribution in [0.15, 0.2) is 15.9 Å². The first kappa shape index (κ1) is 15.5. The van der Waals surface area contributed by atoms with Crippen LogP contribution in [0.2, 0.25) is 0 Å². The van der Waals surface area contributed by atoms with Crippen LogP contribution in [0.3, 0.4) is 0 Å². The van der Waals surface area contributed by atoms with Crippen LogP contribution in [-0.4, -0.2) is 55.4 Å². The zero-order valence-electron chi connectivity index (χ0n) is 12.6. The summed E-state index contributed by atoms with van der Waals surface area (Å²) in [5.41, 5.74) is 0.158. The predicted octanol–water partition coefficient (Wildman–Crippen LogP) is -1.25. The van der Waals surface area contributed by atoms with Gasteiger partial charge in [0.25, 0.3) is 5.56 Å². The zero-order valence-corrected chi connectivity index (χ0v) is 12.6. The quantitative estimate of drug-likeness (QED) is 0.719. The van der Waals surface area contributed by atoms with E-state index in [4.69, 9.17) is 5.11 Å². The van der Waals surface area contributed by atoms with Crippen molar-refractivity contribution in [2.24, 2.45) is 14.1 Å². The molecule has 0 atom stereocenters. The molecule has 0 aliphatic carbocycles. The third-order valence-corrected chi connectivity index (χ3v) is 3.64. The monoisotopic (exact) mass is 295 g/mol. The molecule has 1 N–H and O–H groups in total. The molecule has 8 heteroatoms. The van der Waals surface area contributed by atoms with E-state index in [9.17, 15) is 9.59 Å². The molecule has 0 unspecified atom stereocenters. The van der Waals surface area contributed by atoms with Crippen LogP contribution in [0.25, 0.3) is 11.2 Å². The van der Waals surface area contributed by atoms with Crippen LogP contribution in [0.5, 0.6) is 0 Å². The maximum Gasteiger partial charge on any atom is 0.332 e. The molecule has 0 radical (unpaired) electrons. The Kier molecular flexibility index (Phi) is 4.59. The zero-order chi connectivity index (χ0) is 15.6. The maximum absolute atomic E-state index is 12.2. The van der Waals surface area contributed by atoms with Gasteiger partial charge in [-0.3, -0.25) is 13.9 Å². The number of likely N-dealkylation sites (N-methyl/N-ethyl adjacent to an activating group) is 1. The summed E-state index contributed by atoms with van der Waals surface area (Å²) in [6.45, 7) is 2.21. The molecule has 2 heterocycles. The van der Waals surface area contributed by atoms with Crippen molar-refractivity contribution in [2.45, 2.75) is 13.0 Å². The highest BCUT2D eigenvalue weighted by atomic mass is 16.3. The molecule has 21 heavy (non-hydrogen) atoms. The molecule has 0 aliphatic rings. The van der Waals surface area contributed by atoms with Crippen molar-refractivity contribution in [1.82, 2.24) is 23.6 Å². The Morgan fingerprint density at radius 2 is 1.95 bits per heavy atom. The fourth-order valence-electron chi connectivity index (χ4n) is 2.36. The SMILES string of the molecule is CN(CCO)CCCn1cnc2c1c(=O)n(C)c(=O)n2C. The van der Waals surface area contributed by atoms with E-state index in [-0.39, 0.29) is 17.9 Å². The molecule has 2 rings (SSSR count). The second-order valence-electron chi connectivity index (χ2n) is 5.20. The molecule has 0 spiro atoms. The minimum Gasteiger partial charge on any atom is -0.395 e. The second kappa shape index (κ2) is 6.23. The number of aliphatic hydroxyl groups excluding tert-OH is 1. The van der Waals surface area contributed by atoms with Crippen LogP contribution in [-0.2, 0) is 20.6 Å². The average Bonchev–Trinajstić information content (AvgIpc) is 2.87. The van der Waals surface area contributed by atoms with Gasteiger partial charge in [0.1, 0.15) is 0 Å². The molecule has 8 nitrogen and oxygen atoms in total. The molecule has 0 bridgehead atoms. The van der Waals surface area contributed by atoms with Gasteiger partial charge in [0.15, 0.2) is 11.2 Å². The summed E-state index contributed by atoms with van der Waals surface area (Å²) in [4.78, 5) is 30.3. The molecule has 116 valence electrons. The first-order valence-corrected chi connectivity index (χ1v) is 6.87. The van der Waals surface area contributed by atoms with Gasteiger partial charge in [0.05, 0.1) is 12.9 Å². The summed E-state index contributed by atoms with van der Waals surface area (Å²) >= 11 is 0. The lowest BCUT2D eigenvalue weighted by atomic mass is 10.3. The van der Waals surface area contributed by atoms with E-state index < -0.39 is 0 Å². The van der Waals surface area contributed by atoms with Crippen molar-refractivity contribution >= 4 is 11.2 Å². The van der Waals surface area contributed by atoms with E-state index >= 15 is 0 Å². The topological polar surface area (TPSA) is 85.3 Å². The number of nitrogens with zero attached hydrogens (tertiary/aromatic N) is 5. The molecule has 2 aromatic rings. The Labute approximate surface area is 121 Å². The number of fused-ring (bicyclic) bond motifs is 1. The number of rotatable bonds is 6. The summed E-state index contributed by atoms with van der Waals surface area (Å²) < 4.78 is 4.26. The molecular formula is C13H21N5O3. The lowest BCUT2D eigenvalue weighted by molar-refractivity contribution is 0.218. The summed E-state index contributed by atoms with van der Waals surface area (Å²) in [6.07, 6.45) is 2.42. The lowest BCUT2D eigenvalue weighted by Crippen LogP contribution is -2.37. The number of hydrogen-bond acceptors (Lipinski definition) is 5. The molecule has 0 amide bonds. The van der Waals surface area contributed by atoms with Crippen molar-refractivity contribution in [2.75, 3.05) is 26.7 Å². The standard InChI is InChI=1S/C13H21N5O3/c1-15(7-8-19)5-4-6-18-9-14-11-10(18)12(20)17(3)13(21)16(11)2/h9,19H,4-8H2,1-3H3. The van der Waals surface area contributed by atoms with Gasteiger partial charge in [-0.15, -0.1) is 0 Å². The van der Waals surface area contributed by atoms with Crippen molar-refractivity contribution in [3.63, 3.8) is 0 Å². The van der Waals surface area contributed by atoms with Crippen molar-refractivity contribution in [3.05, 3.63) is 27.2 Å². The van der Waals surface area contributed by atoms with Gasteiger partial charge in [-0.1, -0.05) is 0 Å². The lowest BCUT2D eigenvalue weighted by Gasteiger charge is -2.14. The van der Waals surface area contributed by atoms with E-state index in [0.29, 0.717) is 24.3 Å². The maximum atomic E-state index is 12.2. The number of aromatic nitrogens is 4. The van der Waals surface area contributed by atoms with Gasteiger partial charge in [-0.2, -0.15) is 0 Å². The van der Waals surface area contributed by atoms with E-state index in [1.807, 2.05) is 11.9 Å². The highest BCUT2D eigenvalue weighted by molar-refractivity contribution is 5.69. The van der Waals surface area contributed by atoms with E-state index in [2.05, 4.69) is 4.98 Å². The van der Waals surface area contributed by atoms with E-state index in [1.54, 1.807) is 17.9 Å². The number of hydrogen-bond donors (Lipinski definition) is 1. The summed E-state index contributed by atoms with van der Waals surface area (Å²) in [5.74, 6) is 0. The number of imidazole rings is 1. The summed E-state index contributed by atoms with van der Waals surface area (Å²) in [6, 6.07) is 0. The minimum atomic E-state index is -0.375. The molecule has 0 saturated heterocycles. The Morgan fingerprint density at radius 1 is 1.24 bits per heavy atom. The fraction of sp³-hybridized carbons (Fsp3) is 0.615. The third kappa shape index (κ3) is 2.91. The highest BCUT2D eigenvalue weighted by Crippen LogP contribution is 2.06. The Bertz CT molecular complexity index is 743. The number of aryl methyl sites for hydroxylation is 2. The Hall–Kier alpha value is -1.93. The van der Waals surface area contributed by atoms with Gasteiger partial charge in [0, 0.05) is 27.2 Å². The fourth-order valence-corrected chi connectivity index (χ4v) is 2.36. The third-order valence-electron chi connectivity index (χ3n) is 3.64. The van der Waals surface area contributed by atoms with Gasteiger partial charge >= 0.3 is 5.69 Å². The van der Waals surface area contributed by atoms with Crippen molar-refractivity contribution in [3.8, 4) is 0 Å². The van der Waals surface area contributed by atoms with Gasteiger partial charge < -0.3 is 14.6 Å². The van der Waals surface area contributed by atoms with E-state index in [1.165, 1.54) is 11.6 Å². The van der Waals surface area contributed by atoms with Gasteiger partial charge in [0.2, 0.25) is 0 Å². The summed E-state index contributed by atoms with van der Waals surface area (Å²) in [5, 5.41) is 8.85. The largest absolute Gasteiger partial charge is 0.395 e. The minimum absolute atomic E-state index is 0.132. The molecule has 0 aromatic carbocycles. The van der Waals surface area contributed by atoms with Crippen LogP contribution in [0.1, 0.15) is 6.42 Å². The smallest absolute Gasteiger partial charge is 0.332 e. The molecule has 0 aliphatic heterocycles. The van der Waals surface area contributed by atoms with Crippen LogP contribution in [0, 0.1) is 0 Å². The molecule has 0 fully saturated rings. The Morgan fingerprint density at radius 3 is 2.62 bits per heavy atom. The van der Waals surface area contributed by atoms with Crippen LogP contribution >= 0.6 is 0 Å². The van der Waals surface area contributed by atoms with Gasteiger partial charge in [-0.25, -0.2) is 9.78 Å². The Balaban J connectivity index is 2.27. The van der Waals surface area contributed by atoms with Gasteiger partial charge in [-0.05, 0) is 20.0 Å². The van der Waals surface area contributed by atoms with E-state index in [0.717, 1.165) is 17.5 Å². The van der Waals surface area contributed by atoms with Crippen LogP contribution in [0.4, 0.5) is 0 Å². The predicted molar refractivity (Wildman–Crippen MR) is 79.4 cm³/mol. The highest BCUT2D eigenvalue weighted by Gasteiger charge is 2.13. The molecular weight excluding hydrogens is 274 g/mol. The first-order valence-electron chi connectivity index (χ1n) is 6.87. The normalized spacial score (nSPS) is 11.7. The number of aliphatic hydroxyl groups is 1. The van der Waals surface area contributed by atoms with Crippen LogP contribution < -0.4 is 11.2 Å². The molecule has 2 aromatic heterocycles.